The zero-order valence-corrected chi connectivity index (χ0v) is 13.1. The summed E-state index contributed by atoms with van der Waals surface area (Å²) in [5.74, 6) is -1.20. The maximum atomic E-state index is 13.5. The second-order valence-electron chi connectivity index (χ2n) is 5.05. The van der Waals surface area contributed by atoms with Crippen molar-refractivity contribution in [2.24, 2.45) is 0 Å². The molecule has 0 fully saturated rings. The SMILES string of the molecule is COc1cccc(-c2nnn(CC(=O)Nc3ccc(F)cc3F)n2)c1. The summed E-state index contributed by atoms with van der Waals surface area (Å²) >= 11 is 0. The van der Waals surface area contributed by atoms with Gasteiger partial charge in [-0.1, -0.05) is 12.1 Å². The van der Waals surface area contributed by atoms with Crippen molar-refractivity contribution in [3.63, 3.8) is 0 Å². The Morgan fingerprint density at radius 3 is 2.84 bits per heavy atom. The largest absolute Gasteiger partial charge is 0.497 e. The number of aromatic nitrogens is 4. The lowest BCUT2D eigenvalue weighted by Crippen LogP contribution is -2.21. The summed E-state index contributed by atoms with van der Waals surface area (Å²) < 4.78 is 31.5. The Labute approximate surface area is 141 Å². The average Bonchev–Trinajstić information content (AvgIpc) is 3.06. The summed E-state index contributed by atoms with van der Waals surface area (Å²) in [6.45, 7) is -0.270. The van der Waals surface area contributed by atoms with Gasteiger partial charge in [-0.2, -0.15) is 4.80 Å². The molecule has 0 saturated heterocycles. The fourth-order valence-corrected chi connectivity index (χ4v) is 2.10. The van der Waals surface area contributed by atoms with Crippen molar-refractivity contribution in [1.82, 2.24) is 20.2 Å². The molecule has 7 nitrogen and oxygen atoms in total. The van der Waals surface area contributed by atoms with Gasteiger partial charge in [0.1, 0.15) is 23.9 Å². The van der Waals surface area contributed by atoms with E-state index >= 15 is 0 Å². The van der Waals surface area contributed by atoms with Gasteiger partial charge in [0.25, 0.3) is 0 Å². The van der Waals surface area contributed by atoms with Gasteiger partial charge in [0, 0.05) is 11.6 Å². The molecule has 0 aliphatic rings. The molecule has 3 aromatic rings. The molecule has 1 amide bonds. The molecular formula is C16H13F2N5O2. The van der Waals surface area contributed by atoms with E-state index in [0.717, 1.165) is 16.9 Å². The number of nitrogens with one attached hydrogen (secondary N) is 1. The molecule has 0 unspecified atom stereocenters. The van der Waals surface area contributed by atoms with Crippen LogP contribution in [0.1, 0.15) is 0 Å². The molecule has 9 heteroatoms. The summed E-state index contributed by atoms with van der Waals surface area (Å²) in [6.07, 6.45) is 0. The van der Waals surface area contributed by atoms with Gasteiger partial charge in [-0.05, 0) is 29.5 Å². The van der Waals surface area contributed by atoms with Crippen LogP contribution in [0.15, 0.2) is 42.5 Å². The van der Waals surface area contributed by atoms with Crippen LogP contribution < -0.4 is 10.1 Å². The van der Waals surface area contributed by atoms with E-state index in [1.54, 1.807) is 31.4 Å². The Hall–Kier alpha value is -3.36. The van der Waals surface area contributed by atoms with Gasteiger partial charge < -0.3 is 10.1 Å². The van der Waals surface area contributed by atoms with E-state index in [1.807, 2.05) is 0 Å². The smallest absolute Gasteiger partial charge is 0.248 e. The van der Waals surface area contributed by atoms with E-state index in [-0.39, 0.29) is 12.2 Å². The Balaban J connectivity index is 1.69. The van der Waals surface area contributed by atoms with Crippen molar-refractivity contribution in [2.75, 3.05) is 12.4 Å². The first-order valence-corrected chi connectivity index (χ1v) is 7.22. The van der Waals surface area contributed by atoms with Gasteiger partial charge in [-0.15, -0.1) is 10.2 Å². The van der Waals surface area contributed by atoms with Gasteiger partial charge in [0.05, 0.1) is 12.8 Å². The molecule has 0 saturated carbocycles. The van der Waals surface area contributed by atoms with Gasteiger partial charge >= 0.3 is 0 Å². The first-order chi connectivity index (χ1) is 12.0. The first-order valence-electron chi connectivity index (χ1n) is 7.22. The van der Waals surface area contributed by atoms with Crippen LogP contribution in [0, 0.1) is 11.6 Å². The first kappa shape index (κ1) is 16.5. The minimum absolute atomic E-state index is 0.125. The van der Waals surface area contributed by atoms with Crippen LogP contribution >= 0.6 is 0 Å². The number of carbonyl (C=O) groups is 1. The lowest BCUT2D eigenvalue weighted by molar-refractivity contribution is -0.117. The number of hydrogen-bond acceptors (Lipinski definition) is 5. The fourth-order valence-electron chi connectivity index (χ4n) is 2.10. The maximum Gasteiger partial charge on any atom is 0.248 e. The van der Waals surface area contributed by atoms with Crippen molar-refractivity contribution in [3.8, 4) is 17.1 Å². The molecule has 3 rings (SSSR count). The number of amides is 1. The third kappa shape index (κ3) is 3.94. The Kier molecular flexibility index (Phi) is 4.64. The standard InChI is InChI=1S/C16H13F2N5O2/c1-25-12-4-2-3-10(7-12)16-20-22-23(21-16)9-15(24)19-14-6-5-11(17)8-13(14)18/h2-8H,9H2,1H3,(H,19,24). The van der Waals surface area contributed by atoms with Crippen molar-refractivity contribution in [3.05, 3.63) is 54.1 Å². The van der Waals surface area contributed by atoms with E-state index in [1.165, 1.54) is 0 Å². The number of carbonyl (C=O) groups excluding carboxylic acids is 1. The summed E-state index contributed by atoms with van der Waals surface area (Å²) in [4.78, 5) is 13.0. The highest BCUT2D eigenvalue weighted by atomic mass is 19.1. The lowest BCUT2D eigenvalue weighted by Gasteiger charge is -2.05. The third-order valence-corrected chi connectivity index (χ3v) is 3.27. The molecule has 0 bridgehead atoms. The topological polar surface area (TPSA) is 81.9 Å². The predicted octanol–water partition coefficient (Wildman–Crippen LogP) is 2.27. The molecule has 128 valence electrons. The Bertz CT molecular complexity index is 913. The molecule has 1 N–H and O–H groups in total. The molecule has 1 heterocycles. The molecule has 0 aliphatic heterocycles. The van der Waals surface area contributed by atoms with E-state index in [9.17, 15) is 13.6 Å². The van der Waals surface area contributed by atoms with Crippen LogP contribution in [-0.4, -0.2) is 33.2 Å². The summed E-state index contributed by atoms with van der Waals surface area (Å²) in [7, 11) is 1.54. The van der Waals surface area contributed by atoms with Crippen LogP contribution in [-0.2, 0) is 11.3 Å². The number of methoxy groups -OCH3 is 1. The molecular weight excluding hydrogens is 332 g/mol. The second kappa shape index (κ2) is 7.04. The minimum atomic E-state index is -0.864. The summed E-state index contributed by atoms with van der Waals surface area (Å²) in [5.41, 5.74) is 0.551. The number of hydrogen-bond donors (Lipinski definition) is 1. The minimum Gasteiger partial charge on any atom is -0.497 e. The molecule has 1 aromatic heterocycles. The Morgan fingerprint density at radius 2 is 2.08 bits per heavy atom. The average molecular weight is 345 g/mol. The number of tetrazole rings is 1. The van der Waals surface area contributed by atoms with E-state index < -0.39 is 17.5 Å². The number of nitrogens with zero attached hydrogens (tertiary/aromatic N) is 4. The van der Waals surface area contributed by atoms with Crippen molar-refractivity contribution >= 4 is 11.6 Å². The van der Waals surface area contributed by atoms with Crippen LogP contribution in [0.2, 0.25) is 0 Å². The molecule has 0 atom stereocenters. The van der Waals surface area contributed by atoms with E-state index in [0.29, 0.717) is 23.2 Å². The second-order valence-corrected chi connectivity index (χ2v) is 5.05. The van der Waals surface area contributed by atoms with Crippen LogP contribution in [0.4, 0.5) is 14.5 Å². The third-order valence-electron chi connectivity index (χ3n) is 3.27. The molecule has 0 radical (unpaired) electrons. The highest BCUT2D eigenvalue weighted by Crippen LogP contribution is 2.20. The zero-order chi connectivity index (χ0) is 17.8. The van der Waals surface area contributed by atoms with Gasteiger partial charge in [0.15, 0.2) is 0 Å². The molecule has 0 spiro atoms. The Morgan fingerprint density at radius 1 is 1.24 bits per heavy atom. The van der Waals surface area contributed by atoms with Gasteiger partial charge in [-0.3, -0.25) is 4.79 Å². The predicted molar refractivity (Wildman–Crippen MR) is 84.8 cm³/mol. The molecule has 2 aromatic carbocycles. The van der Waals surface area contributed by atoms with Crippen molar-refractivity contribution < 1.29 is 18.3 Å². The van der Waals surface area contributed by atoms with E-state index in [4.69, 9.17) is 4.74 Å². The van der Waals surface area contributed by atoms with Gasteiger partial charge in [0.2, 0.25) is 11.7 Å². The number of ether oxygens (including phenoxy) is 1. The number of benzene rings is 2. The highest BCUT2D eigenvalue weighted by molar-refractivity contribution is 5.90. The normalized spacial score (nSPS) is 10.5. The molecule has 25 heavy (non-hydrogen) atoms. The quantitative estimate of drug-likeness (QED) is 0.767. The maximum absolute atomic E-state index is 13.5. The number of rotatable bonds is 5. The van der Waals surface area contributed by atoms with E-state index in [2.05, 4.69) is 20.7 Å². The monoisotopic (exact) mass is 345 g/mol. The van der Waals surface area contributed by atoms with Crippen LogP contribution in [0.25, 0.3) is 11.4 Å². The van der Waals surface area contributed by atoms with Crippen molar-refractivity contribution in [1.29, 1.82) is 0 Å². The number of halogens is 2. The summed E-state index contributed by atoms with van der Waals surface area (Å²) in [6, 6.07) is 9.93. The highest BCUT2D eigenvalue weighted by Gasteiger charge is 2.12. The van der Waals surface area contributed by atoms with Crippen LogP contribution in [0.3, 0.4) is 0 Å². The fraction of sp³-hybridized carbons (Fsp3) is 0.125. The zero-order valence-electron chi connectivity index (χ0n) is 13.1. The van der Waals surface area contributed by atoms with Crippen molar-refractivity contribution in [2.45, 2.75) is 6.54 Å². The number of anilines is 1. The molecule has 0 aliphatic carbocycles. The van der Waals surface area contributed by atoms with Crippen LogP contribution in [0.5, 0.6) is 5.75 Å². The lowest BCUT2D eigenvalue weighted by atomic mass is 10.2. The van der Waals surface area contributed by atoms with Gasteiger partial charge in [-0.25, -0.2) is 8.78 Å². The summed E-state index contributed by atoms with van der Waals surface area (Å²) in [5, 5.41) is 14.1.